The highest BCUT2D eigenvalue weighted by molar-refractivity contribution is 5.81. The Labute approximate surface area is 85.6 Å². The third-order valence-corrected chi connectivity index (χ3v) is 3.12. The molecular weight excluding hydrogens is 176 g/mol. The molecule has 0 bridgehead atoms. The highest BCUT2D eigenvalue weighted by atomic mass is 15.2. The van der Waals surface area contributed by atoms with Crippen LogP contribution in [-0.4, -0.2) is 38.2 Å². The molecule has 1 atom stereocenters. The van der Waals surface area contributed by atoms with Crippen LogP contribution >= 0.6 is 0 Å². The van der Waals surface area contributed by atoms with E-state index in [2.05, 4.69) is 34.8 Å². The van der Waals surface area contributed by atoms with E-state index in [9.17, 15) is 0 Å². The highest BCUT2D eigenvalue weighted by Gasteiger charge is 2.32. The molecule has 0 aromatic carbocycles. The molecule has 2 aliphatic rings. The van der Waals surface area contributed by atoms with Gasteiger partial charge in [-0.25, -0.2) is 0 Å². The quantitative estimate of drug-likeness (QED) is 0.550. The van der Waals surface area contributed by atoms with Gasteiger partial charge in [0.25, 0.3) is 0 Å². The predicted molar refractivity (Wildman–Crippen MR) is 58.5 cm³/mol. The highest BCUT2D eigenvalue weighted by Crippen LogP contribution is 2.24. The summed E-state index contributed by atoms with van der Waals surface area (Å²) in [6, 6.07) is 0.535. The minimum atomic E-state index is 0.311. The smallest absolute Gasteiger partial charge is 0.191 e. The molecule has 0 amide bonds. The van der Waals surface area contributed by atoms with Crippen molar-refractivity contribution in [2.75, 3.05) is 26.2 Å². The van der Waals surface area contributed by atoms with Gasteiger partial charge in [0.1, 0.15) is 0 Å². The van der Waals surface area contributed by atoms with Crippen LogP contribution in [0.4, 0.5) is 0 Å². The van der Waals surface area contributed by atoms with Crippen LogP contribution in [0, 0.1) is 5.41 Å². The summed E-state index contributed by atoms with van der Waals surface area (Å²) in [5.74, 6) is 0.991. The molecule has 0 aromatic heterocycles. The summed E-state index contributed by atoms with van der Waals surface area (Å²) in [7, 11) is 0. The van der Waals surface area contributed by atoms with Gasteiger partial charge in [-0.3, -0.25) is 4.99 Å². The number of guanidine groups is 1. The molecule has 2 rings (SSSR count). The molecule has 0 radical (unpaired) electrons. The van der Waals surface area contributed by atoms with Crippen molar-refractivity contribution in [1.29, 1.82) is 0 Å². The van der Waals surface area contributed by atoms with Crippen LogP contribution in [0.1, 0.15) is 20.3 Å². The van der Waals surface area contributed by atoms with Gasteiger partial charge in [0.05, 0.1) is 6.54 Å². The van der Waals surface area contributed by atoms with E-state index in [4.69, 9.17) is 0 Å². The molecule has 2 heterocycles. The molecule has 1 unspecified atom stereocenters. The number of aliphatic imine (C=N–C) groups is 1. The summed E-state index contributed by atoms with van der Waals surface area (Å²) in [5.41, 5.74) is 0.311. The molecule has 80 valence electrons. The third-order valence-electron chi connectivity index (χ3n) is 3.12. The maximum atomic E-state index is 4.37. The van der Waals surface area contributed by atoms with Gasteiger partial charge in [-0.2, -0.15) is 0 Å². The molecule has 4 heteroatoms. The summed E-state index contributed by atoms with van der Waals surface area (Å²) in [5, 5.41) is 10.2. The molecule has 1 saturated heterocycles. The molecule has 14 heavy (non-hydrogen) atoms. The lowest BCUT2D eigenvalue weighted by Crippen LogP contribution is -2.56. The van der Waals surface area contributed by atoms with Gasteiger partial charge in [-0.15, -0.1) is 0 Å². The standard InChI is InChI=1S/C10H20N4/c1-10(2)7-11-4-3-8(10)14-9-12-5-6-13-9/h8,11H,3-7H2,1-2H3,(H2,12,13,14). The predicted octanol–water partition coefficient (Wildman–Crippen LogP) is -0.0767. The van der Waals surface area contributed by atoms with Crippen molar-refractivity contribution < 1.29 is 0 Å². The minimum absolute atomic E-state index is 0.311. The maximum absolute atomic E-state index is 4.37. The number of nitrogens with one attached hydrogen (secondary N) is 3. The van der Waals surface area contributed by atoms with E-state index < -0.39 is 0 Å². The Hall–Kier alpha value is -0.770. The van der Waals surface area contributed by atoms with E-state index in [1.807, 2.05) is 0 Å². The average molecular weight is 196 g/mol. The van der Waals surface area contributed by atoms with Crippen LogP contribution in [0.25, 0.3) is 0 Å². The van der Waals surface area contributed by atoms with Gasteiger partial charge >= 0.3 is 0 Å². The minimum Gasteiger partial charge on any atom is -0.355 e. The van der Waals surface area contributed by atoms with Crippen molar-refractivity contribution in [1.82, 2.24) is 16.0 Å². The largest absolute Gasteiger partial charge is 0.355 e. The van der Waals surface area contributed by atoms with E-state index in [1.54, 1.807) is 0 Å². The summed E-state index contributed by atoms with van der Waals surface area (Å²) < 4.78 is 0. The third kappa shape index (κ3) is 2.00. The van der Waals surface area contributed by atoms with Crippen molar-refractivity contribution >= 4 is 5.96 Å². The monoisotopic (exact) mass is 196 g/mol. The maximum Gasteiger partial charge on any atom is 0.191 e. The van der Waals surface area contributed by atoms with Crippen LogP contribution < -0.4 is 16.0 Å². The second-order valence-electron chi connectivity index (χ2n) is 4.81. The lowest BCUT2D eigenvalue weighted by molar-refractivity contribution is 0.203. The first-order valence-corrected chi connectivity index (χ1v) is 5.44. The van der Waals surface area contributed by atoms with Crippen LogP contribution in [0.5, 0.6) is 0 Å². The zero-order chi connectivity index (χ0) is 10.0. The lowest BCUT2D eigenvalue weighted by Gasteiger charge is -2.39. The van der Waals surface area contributed by atoms with E-state index in [-0.39, 0.29) is 0 Å². The van der Waals surface area contributed by atoms with E-state index in [0.717, 1.165) is 32.1 Å². The number of hydrogen-bond acceptors (Lipinski definition) is 4. The van der Waals surface area contributed by atoms with Crippen molar-refractivity contribution in [3.05, 3.63) is 0 Å². The fourth-order valence-electron chi connectivity index (χ4n) is 2.10. The Morgan fingerprint density at radius 1 is 1.43 bits per heavy atom. The SMILES string of the molecule is CC1(C)CNCCC1NC1=NCCN1. The lowest BCUT2D eigenvalue weighted by atomic mass is 9.80. The first-order chi connectivity index (χ1) is 6.68. The molecular formula is C10H20N4. The Bertz CT molecular complexity index is 234. The van der Waals surface area contributed by atoms with E-state index >= 15 is 0 Å². The molecule has 0 aliphatic carbocycles. The fourth-order valence-corrected chi connectivity index (χ4v) is 2.10. The van der Waals surface area contributed by atoms with Gasteiger partial charge in [0, 0.05) is 19.1 Å². The molecule has 0 aromatic rings. The van der Waals surface area contributed by atoms with Gasteiger partial charge in [-0.05, 0) is 18.4 Å². The fraction of sp³-hybridized carbons (Fsp3) is 0.900. The Morgan fingerprint density at radius 2 is 2.29 bits per heavy atom. The zero-order valence-corrected chi connectivity index (χ0v) is 9.06. The topological polar surface area (TPSA) is 48.5 Å². The summed E-state index contributed by atoms with van der Waals surface area (Å²) >= 11 is 0. The molecule has 4 nitrogen and oxygen atoms in total. The van der Waals surface area contributed by atoms with Crippen molar-refractivity contribution in [3.8, 4) is 0 Å². The van der Waals surface area contributed by atoms with E-state index in [0.29, 0.717) is 11.5 Å². The average Bonchev–Trinajstić information content (AvgIpc) is 2.61. The molecule has 0 saturated carbocycles. The van der Waals surface area contributed by atoms with Crippen molar-refractivity contribution in [3.63, 3.8) is 0 Å². The second kappa shape index (κ2) is 3.77. The molecule has 3 N–H and O–H groups in total. The first kappa shape index (κ1) is 9.77. The zero-order valence-electron chi connectivity index (χ0n) is 9.06. The van der Waals surface area contributed by atoms with E-state index in [1.165, 1.54) is 6.42 Å². The van der Waals surface area contributed by atoms with Crippen LogP contribution in [0.15, 0.2) is 4.99 Å². The summed E-state index contributed by atoms with van der Waals surface area (Å²) in [6.07, 6.45) is 1.17. The van der Waals surface area contributed by atoms with Gasteiger partial charge in [0.2, 0.25) is 0 Å². The Morgan fingerprint density at radius 3 is 2.93 bits per heavy atom. The van der Waals surface area contributed by atoms with Gasteiger partial charge in [0.15, 0.2) is 5.96 Å². The number of nitrogens with zero attached hydrogens (tertiary/aromatic N) is 1. The van der Waals surface area contributed by atoms with Gasteiger partial charge in [-0.1, -0.05) is 13.8 Å². The second-order valence-corrected chi connectivity index (χ2v) is 4.81. The van der Waals surface area contributed by atoms with Crippen LogP contribution in [0.3, 0.4) is 0 Å². The van der Waals surface area contributed by atoms with Gasteiger partial charge < -0.3 is 16.0 Å². The Kier molecular flexibility index (Phi) is 2.63. The van der Waals surface area contributed by atoms with Crippen LogP contribution in [-0.2, 0) is 0 Å². The normalized spacial score (nSPS) is 30.7. The van der Waals surface area contributed by atoms with Crippen molar-refractivity contribution in [2.24, 2.45) is 10.4 Å². The summed E-state index contributed by atoms with van der Waals surface area (Å²) in [6.45, 7) is 8.67. The molecule has 2 aliphatic heterocycles. The van der Waals surface area contributed by atoms with Crippen molar-refractivity contribution in [2.45, 2.75) is 26.3 Å². The Balaban J connectivity index is 1.94. The van der Waals surface area contributed by atoms with Crippen LogP contribution in [0.2, 0.25) is 0 Å². The number of hydrogen-bond donors (Lipinski definition) is 3. The summed E-state index contributed by atoms with van der Waals surface area (Å²) in [4.78, 5) is 4.37. The molecule has 1 fully saturated rings. The number of rotatable bonds is 1. The number of piperidine rings is 1. The molecule has 0 spiro atoms. The first-order valence-electron chi connectivity index (χ1n) is 5.44.